The van der Waals surface area contributed by atoms with Crippen LogP contribution >= 0.6 is 11.6 Å². The smallest absolute Gasteiger partial charge is 0.309 e. The Hall–Kier alpha value is -2.67. The first kappa shape index (κ1) is 12.4. The summed E-state index contributed by atoms with van der Waals surface area (Å²) >= 11 is 5.95. The van der Waals surface area contributed by atoms with Crippen LogP contribution in [0, 0.1) is 0 Å². The molecule has 3 heterocycles. The lowest BCUT2D eigenvalue weighted by Crippen LogP contribution is -2.20. The van der Waals surface area contributed by atoms with Gasteiger partial charge in [-0.1, -0.05) is 11.6 Å². The first-order valence-electron chi connectivity index (χ1n) is 5.62. The van der Waals surface area contributed by atoms with E-state index in [0.29, 0.717) is 16.4 Å². The molecule has 0 spiro atoms. The number of furan rings is 1. The van der Waals surface area contributed by atoms with Crippen LogP contribution in [0.5, 0.6) is 0 Å². The minimum atomic E-state index is -0.498. The van der Waals surface area contributed by atoms with E-state index in [9.17, 15) is 4.79 Å². The molecule has 0 unspecified atom stereocenters. The van der Waals surface area contributed by atoms with Gasteiger partial charge in [0.2, 0.25) is 5.82 Å². The van der Waals surface area contributed by atoms with Gasteiger partial charge in [-0.15, -0.1) is 10.2 Å². The van der Waals surface area contributed by atoms with E-state index in [1.165, 1.54) is 16.9 Å². The summed E-state index contributed by atoms with van der Waals surface area (Å²) in [6.45, 7) is 0. The number of pyridine rings is 1. The highest BCUT2D eigenvalue weighted by atomic mass is 35.5. The molecule has 0 fully saturated rings. The van der Waals surface area contributed by atoms with Crippen LogP contribution in [0.2, 0.25) is 5.02 Å². The molecule has 20 heavy (non-hydrogen) atoms. The SMILES string of the molecule is O=C(NN=Cc1ccco1)c1nnc2c(Cl)cccn12. The molecule has 3 rings (SSSR count). The summed E-state index contributed by atoms with van der Waals surface area (Å²) in [6, 6.07) is 6.79. The van der Waals surface area contributed by atoms with Gasteiger partial charge in [0.25, 0.3) is 0 Å². The molecule has 0 radical (unpaired) electrons. The summed E-state index contributed by atoms with van der Waals surface area (Å²) in [5.41, 5.74) is 2.75. The molecular formula is C12H8ClN5O2. The van der Waals surface area contributed by atoms with Gasteiger partial charge < -0.3 is 4.42 Å². The second kappa shape index (κ2) is 5.14. The number of carbonyl (C=O) groups excluding carboxylic acids is 1. The number of rotatable bonds is 3. The Morgan fingerprint density at radius 1 is 1.40 bits per heavy atom. The van der Waals surface area contributed by atoms with Gasteiger partial charge in [-0.05, 0) is 24.3 Å². The number of halogens is 1. The van der Waals surface area contributed by atoms with Gasteiger partial charge in [0.15, 0.2) is 5.65 Å². The highest BCUT2D eigenvalue weighted by molar-refractivity contribution is 6.33. The molecule has 0 aliphatic rings. The molecule has 0 saturated carbocycles. The Balaban J connectivity index is 1.81. The van der Waals surface area contributed by atoms with Crippen LogP contribution < -0.4 is 5.43 Å². The molecule has 0 saturated heterocycles. The van der Waals surface area contributed by atoms with Crippen molar-refractivity contribution >= 4 is 29.4 Å². The van der Waals surface area contributed by atoms with Crippen LogP contribution in [0.15, 0.2) is 46.2 Å². The average Bonchev–Trinajstić information content (AvgIpc) is 3.08. The fourth-order valence-electron chi connectivity index (χ4n) is 1.61. The van der Waals surface area contributed by atoms with Gasteiger partial charge in [-0.25, -0.2) is 5.43 Å². The van der Waals surface area contributed by atoms with E-state index >= 15 is 0 Å². The monoisotopic (exact) mass is 289 g/mol. The van der Waals surface area contributed by atoms with Crippen LogP contribution in [-0.4, -0.2) is 26.7 Å². The zero-order valence-electron chi connectivity index (χ0n) is 10.0. The minimum Gasteiger partial charge on any atom is -0.463 e. The molecule has 7 nitrogen and oxygen atoms in total. The van der Waals surface area contributed by atoms with Crippen molar-refractivity contribution in [2.75, 3.05) is 0 Å². The third-order valence-corrected chi connectivity index (χ3v) is 2.79. The Bertz CT molecular complexity index is 778. The predicted molar refractivity (Wildman–Crippen MR) is 71.8 cm³/mol. The highest BCUT2D eigenvalue weighted by Gasteiger charge is 2.14. The van der Waals surface area contributed by atoms with Gasteiger partial charge in [-0.2, -0.15) is 5.10 Å². The highest BCUT2D eigenvalue weighted by Crippen LogP contribution is 2.15. The lowest BCUT2D eigenvalue weighted by atomic mass is 10.4. The summed E-state index contributed by atoms with van der Waals surface area (Å²) in [5.74, 6) is 0.126. The molecule has 0 bridgehead atoms. The zero-order chi connectivity index (χ0) is 13.9. The summed E-state index contributed by atoms with van der Waals surface area (Å²) in [6.07, 6.45) is 4.54. The molecule has 1 N–H and O–H groups in total. The van der Waals surface area contributed by atoms with Crippen LogP contribution in [-0.2, 0) is 0 Å². The first-order valence-corrected chi connectivity index (χ1v) is 5.99. The van der Waals surface area contributed by atoms with Crippen LogP contribution in [0.4, 0.5) is 0 Å². The summed E-state index contributed by atoms with van der Waals surface area (Å²) < 4.78 is 6.53. The second-order valence-corrected chi connectivity index (χ2v) is 4.20. The Morgan fingerprint density at radius 2 is 2.30 bits per heavy atom. The van der Waals surface area contributed by atoms with Gasteiger partial charge >= 0.3 is 5.91 Å². The van der Waals surface area contributed by atoms with Crippen molar-refractivity contribution in [2.24, 2.45) is 5.10 Å². The van der Waals surface area contributed by atoms with Crippen molar-refractivity contribution in [1.29, 1.82) is 0 Å². The Labute approximate surface area is 117 Å². The number of aromatic nitrogens is 3. The number of hydrogen-bond acceptors (Lipinski definition) is 5. The average molecular weight is 290 g/mol. The van der Waals surface area contributed by atoms with Crippen molar-refractivity contribution in [1.82, 2.24) is 20.0 Å². The molecule has 3 aromatic heterocycles. The van der Waals surface area contributed by atoms with Gasteiger partial charge in [0.1, 0.15) is 5.76 Å². The maximum atomic E-state index is 11.9. The Morgan fingerprint density at radius 3 is 3.10 bits per heavy atom. The molecule has 1 amide bonds. The van der Waals surface area contributed by atoms with Crippen LogP contribution in [0.3, 0.4) is 0 Å². The van der Waals surface area contributed by atoms with E-state index < -0.39 is 5.91 Å². The molecule has 0 aromatic carbocycles. The maximum absolute atomic E-state index is 11.9. The number of fused-ring (bicyclic) bond motifs is 1. The summed E-state index contributed by atoms with van der Waals surface area (Å²) in [5, 5.41) is 11.8. The van der Waals surface area contributed by atoms with E-state index in [0.717, 1.165) is 0 Å². The first-order chi connectivity index (χ1) is 9.75. The maximum Gasteiger partial charge on any atom is 0.309 e. The normalized spacial score (nSPS) is 11.2. The third-order valence-electron chi connectivity index (χ3n) is 2.49. The van der Waals surface area contributed by atoms with Crippen molar-refractivity contribution in [3.63, 3.8) is 0 Å². The van der Waals surface area contributed by atoms with Gasteiger partial charge in [-0.3, -0.25) is 9.20 Å². The molecule has 8 heteroatoms. The van der Waals surface area contributed by atoms with E-state index in [2.05, 4.69) is 20.7 Å². The molecular weight excluding hydrogens is 282 g/mol. The number of carbonyl (C=O) groups is 1. The summed E-state index contributed by atoms with van der Waals surface area (Å²) in [4.78, 5) is 11.9. The van der Waals surface area contributed by atoms with Crippen LogP contribution in [0.25, 0.3) is 5.65 Å². The number of hydrazone groups is 1. The fraction of sp³-hybridized carbons (Fsp3) is 0. The van der Waals surface area contributed by atoms with E-state index in [4.69, 9.17) is 16.0 Å². The zero-order valence-corrected chi connectivity index (χ0v) is 10.8. The molecule has 3 aromatic rings. The Kier molecular flexibility index (Phi) is 3.18. The minimum absolute atomic E-state index is 0.0964. The molecule has 100 valence electrons. The largest absolute Gasteiger partial charge is 0.463 e. The van der Waals surface area contributed by atoms with Crippen molar-refractivity contribution in [3.05, 3.63) is 53.3 Å². The molecule has 0 atom stereocenters. The van der Waals surface area contributed by atoms with Crippen molar-refractivity contribution in [3.8, 4) is 0 Å². The molecule has 0 aliphatic heterocycles. The summed E-state index contributed by atoms with van der Waals surface area (Å²) in [7, 11) is 0. The fourth-order valence-corrected chi connectivity index (χ4v) is 1.81. The predicted octanol–water partition coefficient (Wildman–Crippen LogP) is 1.74. The van der Waals surface area contributed by atoms with E-state index in [-0.39, 0.29) is 5.82 Å². The number of hydrogen-bond donors (Lipinski definition) is 1. The van der Waals surface area contributed by atoms with Crippen molar-refractivity contribution < 1.29 is 9.21 Å². The molecule has 0 aliphatic carbocycles. The van der Waals surface area contributed by atoms with E-state index in [1.807, 2.05) is 0 Å². The standard InChI is InChI=1S/C12H8ClN5O2/c13-9-4-1-5-18-10(9)15-16-11(18)12(19)17-14-7-8-3-2-6-20-8/h1-7H,(H,17,19). The topological polar surface area (TPSA) is 84.8 Å². The number of amides is 1. The second-order valence-electron chi connectivity index (χ2n) is 3.79. The van der Waals surface area contributed by atoms with Crippen molar-refractivity contribution in [2.45, 2.75) is 0 Å². The van der Waals surface area contributed by atoms with Crippen LogP contribution in [0.1, 0.15) is 16.4 Å². The van der Waals surface area contributed by atoms with Gasteiger partial charge in [0.05, 0.1) is 17.5 Å². The van der Waals surface area contributed by atoms with E-state index in [1.54, 1.807) is 30.5 Å². The lowest BCUT2D eigenvalue weighted by molar-refractivity contribution is 0.0943. The lowest BCUT2D eigenvalue weighted by Gasteiger charge is -1.98. The number of nitrogens with zero attached hydrogens (tertiary/aromatic N) is 4. The quantitative estimate of drug-likeness (QED) is 0.588. The number of nitrogens with one attached hydrogen (secondary N) is 1. The van der Waals surface area contributed by atoms with Gasteiger partial charge in [0, 0.05) is 6.20 Å². The third kappa shape index (κ3) is 2.26.